The van der Waals surface area contributed by atoms with Crippen molar-refractivity contribution < 1.29 is 28.7 Å². The van der Waals surface area contributed by atoms with Crippen molar-refractivity contribution in [1.82, 2.24) is 5.32 Å². The number of Topliss-reactive ketones (excluding diaryl/α,β-unsaturated/α-hetero) is 1. The highest BCUT2D eigenvalue weighted by Crippen LogP contribution is 2.25. The van der Waals surface area contributed by atoms with Gasteiger partial charge in [-0.3, -0.25) is 9.59 Å². The molecule has 0 aliphatic heterocycles. The summed E-state index contributed by atoms with van der Waals surface area (Å²) in [6.07, 6.45) is 2.08. The van der Waals surface area contributed by atoms with Gasteiger partial charge in [0.1, 0.15) is 11.8 Å². The molecule has 0 unspecified atom stereocenters. The number of carbonyl (C=O) groups is 4. The van der Waals surface area contributed by atoms with Gasteiger partial charge in [-0.2, -0.15) is 0 Å². The van der Waals surface area contributed by atoms with Gasteiger partial charge in [0.25, 0.3) is 5.91 Å². The number of methoxy groups -OCH3 is 2. The highest BCUT2D eigenvalue weighted by atomic mass is 16.5. The van der Waals surface area contributed by atoms with Gasteiger partial charge in [-0.05, 0) is 37.0 Å². The van der Waals surface area contributed by atoms with E-state index in [0.717, 1.165) is 0 Å². The summed E-state index contributed by atoms with van der Waals surface area (Å²) in [4.78, 5) is 47.9. The van der Waals surface area contributed by atoms with Crippen molar-refractivity contribution in [3.8, 4) is 0 Å². The second-order valence-electron chi connectivity index (χ2n) is 5.94. The average molecular weight is 347 g/mol. The maximum Gasteiger partial charge on any atom is 0.337 e. The van der Waals surface area contributed by atoms with Crippen molar-refractivity contribution in [2.24, 2.45) is 5.92 Å². The number of carbonyl (C=O) groups excluding carboxylic acids is 4. The van der Waals surface area contributed by atoms with Gasteiger partial charge < -0.3 is 14.8 Å². The third-order valence-corrected chi connectivity index (χ3v) is 4.28. The van der Waals surface area contributed by atoms with Crippen LogP contribution in [-0.2, 0) is 19.1 Å². The minimum absolute atomic E-state index is 0.0760. The zero-order valence-electron chi connectivity index (χ0n) is 14.2. The highest BCUT2D eigenvalue weighted by molar-refractivity contribution is 5.99. The number of rotatable bonds is 5. The van der Waals surface area contributed by atoms with Crippen molar-refractivity contribution >= 4 is 23.6 Å². The van der Waals surface area contributed by atoms with Gasteiger partial charge in [0.2, 0.25) is 0 Å². The lowest BCUT2D eigenvalue weighted by molar-refractivity contribution is -0.145. The van der Waals surface area contributed by atoms with Crippen LogP contribution in [0.5, 0.6) is 0 Å². The Kier molecular flexibility index (Phi) is 6.27. The number of ether oxygens (including phenoxy) is 2. The fraction of sp³-hybridized carbons (Fsp3) is 0.444. The van der Waals surface area contributed by atoms with E-state index in [1.165, 1.54) is 32.4 Å². The van der Waals surface area contributed by atoms with Crippen LogP contribution in [0.2, 0.25) is 0 Å². The molecule has 1 N–H and O–H groups in total. The molecule has 0 heterocycles. The lowest BCUT2D eigenvalue weighted by atomic mass is 9.83. The number of ketones is 1. The first kappa shape index (κ1) is 18.6. The predicted molar refractivity (Wildman–Crippen MR) is 88.0 cm³/mol. The Hall–Kier alpha value is -2.70. The Morgan fingerprint density at radius 3 is 2.52 bits per heavy atom. The molecule has 0 bridgehead atoms. The number of hydrogen-bond acceptors (Lipinski definition) is 6. The molecule has 7 heteroatoms. The van der Waals surface area contributed by atoms with E-state index < -0.39 is 23.9 Å². The molecule has 1 saturated carbocycles. The number of amides is 1. The molecule has 0 radical (unpaired) electrons. The van der Waals surface area contributed by atoms with Crippen LogP contribution in [0.4, 0.5) is 0 Å². The molecule has 0 aromatic heterocycles. The molecule has 2 rings (SSSR count). The van der Waals surface area contributed by atoms with E-state index in [-0.39, 0.29) is 29.2 Å². The second kappa shape index (κ2) is 8.41. The normalized spacial score (nSPS) is 18.2. The van der Waals surface area contributed by atoms with Crippen LogP contribution >= 0.6 is 0 Å². The Labute approximate surface area is 145 Å². The maximum absolute atomic E-state index is 12.5. The van der Waals surface area contributed by atoms with Crippen molar-refractivity contribution in [2.45, 2.75) is 31.7 Å². The predicted octanol–water partition coefficient (Wildman–Crippen LogP) is 1.50. The van der Waals surface area contributed by atoms with E-state index in [0.29, 0.717) is 19.3 Å². The zero-order chi connectivity index (χ0) is 18.4. The minimum Gasteiger partial charge on any atom is -0.467 e. The fourth-order valence-corrected chi connectivity index (χ4v) is 2.97. The van der Waals surface area contributed by atoms with Crippen molar-refractivity contribution in [3.05, 3.63) is 35.4 Å². The van der Waals surface area contributed by atoms with E-state index in [1.807, 2.05) is 0 Å². The summed E-state index contributed by atoms with van der Waals surface area (Å²) in [6.45, 7) is 0. The summed E-state index contributed by atoms with van der Waals surface area (Å²) in [5, 5.41) is 2.64. The first-order valence-electron chi connectivity index (χ1n) is 8.05. The Bertz CT molecular complexity index is 684. The topological polar surface area (TPSA) is 98.8 Å². The van der Waals surface area contributed by atoms with Crippen molar-refractivity contribution in [3.63, 3.8) is 0 Å². The van der Waals surface area contributed by atoms with Crippen LogP contribution in [0.25, 0.3) is 0 Å². The van der Waals surface area contributed by atoms with Crippen LogP contribution in [0, 0.1) is 5.92 Å². The van der Waals surface area contributed by atoms with E-state index >= 15 is 0 Å². The lowest BCUT2D eigenvalue weighted by Crippen LogP contribution is -2.48. The third kappa shape index (κ3) is 4.65. The smallest absolute Gasteiger partial charge is 0.337 e. The summed E-state index contributed by atoms with van der Waals surface area (Å²) in [7, 11) is 2.49. The van der Waals surface area contributed by atoms with Crippen LogP contribution in [0.3, 0.4) is 0 Å². The number of nitrogens with one attached hydrogen (secondary N) is 1. The summed E-state index contributed by atoms with van der Waals surface area (Å²) >= 11 is 0. The first-order chi connectivity index (χ1) is 12.0. The number of hydrogen-bond donors (Lipinski definition) is 1. The van der Waals surface area contributed by atoms with Crippen LogP contribution < -0.4 is 5.32 Å². The van der Waals surface area contributed by atoms with Crippen LogP contribution in [0.15, 0.2) is 24.3 Å². The highest BCUT2D eigenvalue weighted by Gasteiger charge is 2.34. The summed E-state index contributed by atoms with van der Waals surface area (Å²) in [5.74, 6) is -1.87. The Morgan fingerprint density at radius 2 is 1.88 bits per heavy atom. The van der Waals surface area contributed by atoms with Gasteiger partial charge in [0.15, 0.2) is 0 Å². The molecule has 1 aliphatic rings. The largest absolute Gasteiger partial charge is 0.467 e. The summed E-state index contributed by atoms with van der Waals surface area (Å²) in [6, 6.07) is 5.10. The van der Waals surface area contributed by atoms with Gasteiger partial charge in [-0.25, -0.2) is 9.59 Å². The molecule has 0 saturated heterocycles. The fourth-order valence-electron chi connectivity index (χ4n) is 2.97. The monoisotopic (exact) mass is 347 g/mol. The van der Waals surface area contributed by atoms with Gasteiger partial charge in [-0.15, -0.1) is 0 Å². The SMILES string of the molecule is COC(=O)c1cccc(C(=O)N[C@H](C(=O)OC)[C@@H]2CCCC(=O)C2)c1. The summed E-state index contributed by atoms with van der Waals surface area (Å²) in [5.41, 5.74) is 0.455. The molecule has 1 aromatic rings. The molecular formula is C18H21NO6. The quantitative estimate of drug-likeness (QED) is 0.811. The summed E-state index contributed by atoms with van der Waals surface area (Å²) < 4.78 is 9.41. The van der Waals surface area contributed by atoms with E-state index in [1.54, 1.807) is 6.07 Å². The zero-order valence-corrected chi connectivity index (χ0v) is 14.2. The molecule has 1 fully saturated rings. The van der Waals surface area contributed by atoms with Gasteiger partial charge in [0, 0.05) is 18.4 Å². The van der Waals surface area contributed by atoms with Gasteiger partial charge in [0.05, 0.1) is 19.8 Å². The number of esters is 2. The standard InChI is InChI=1S/C18H21NO6/c1-24-17(22)13-7-3-6-12(9-13)16(21)19-15(18(23)25-2)11-5-4-8-14(20)10-11/h3,6-7,9,11,15H,4-5,8,10H2,1-2H3,(H,19,21)/t11-,15+/m1/s1. The van der Waals surface area contributed by atoms with Crippen LogP contribution in [0.1, 0.15) is 46.4 Å². The molecule has 1 aliphatic carbocycles. The Balaban J connectivity index is 2.18. The van der Waals surface area contributed by atoms with E-state index in [4.69, 9.17) is 4.74 Å². The molecule has 1 aromatic carbocycles. The van der Waals surface area contributed by atoms with Crippen molar-refractivity contribution in [2.75, 3.05) is 14.2 Å². The molecule has 1 amide bonds. The molecule has 25 heavy (non-hydrogen) atoms. The average Bonchev–Trinajstić information content (AvgIpc) is 2.64. The maximum atomic E-state index is 12.5. The molecule has 134 valence electrons. The molecule has 0 spiro atoms. The van der Waals surface area contributed by atoms with E-state index in [2.05, 4.69) is 10.1 Å². The molecule has 2 atom stereocenters. The van der Waals surface area contributed by atoms with Gasteiger partial charge in [-0.1, -0.05) is 6.07 Å². The van der Waals surface area contributed by atoms with E-state index in [9.17, 15) is 19.2 Å². The van der Waals surface area contributed by atoms with Crippen molar-refractivity contribution in [1.29, 1.82) is 0 Å². The Morgan fingerprint density at radius 1 is 1.16 bits per heavy atom. The molecule has 7 nitrogen and oxygen atoms in total. The van der Waals surface area contributed by atoms with Gasteiger partial charge >= 0.3 is 11.9 Å². The third-order valence-electron chi connectivity index (χ3n) is 4.28. The molecular weight excluding hydrogens is 326 g/mol. The number of benzene rings is 1. The first-order valence-corrected chi connectivity index (χ1v) is 8.05. The minimum atomic E-state index is -0.900. The lowest BCUT2D eigenvalue weighted by Gasteiger charge is -2.28. The van der Waals surface area contributed by atoms with Crippen LogP contribution in [-0.4, -0.2) is 43.9 Å². The second-order valence-corrected chi connectivity index (χ2v) is 5.94.